The Morgan fingerprint density at radius 2 is 1.53 bits per heavy atom. The number of hydrogen-bond donors (Lipinski definition) is 2. The standard InChI is InChI=1S/C22H31NO9/c1-11(2)13(4)30-22(28)29-10-12(3)19(20(23)21(26)27)16-7-8-17(31-14(5)24)18(9-16)32-15(6)25/h7-9,11-13,19-20H,10,23H2,1-6H3,(H,26,27)/t12?,13?,19?,20-/m0/s1. The highest BCUT2D eigenvalue weighted by atomic mass is 16.7. The summed E-state index contributed by atoms with van der Waals surface area (Å²) in [4.78, 5) is 46.4. The molecule has 0 bridgehead atoms. The molecule has 3 N–H and O–H groups in total. The molecule has 0 aromatic heterocycles. The third-order valence-electron chi connectivity index (χ3n) is 4.83. The molecule has 32 heavy (non-hydrogen) atoms. The summed E-state index contributed by atoms with van der Waals surface area (Å²) in [6.45, 7) is 9.38. The molecule has 178 valence electrons. The van der Waals surface area contributed by atoms with Gasteiger partial charge in [0.2, 0.25) is 0 Å². The smallest absolute Gasteiger partial charge is 0.480 e. The number of carboxylic acids is 1. The quantitative estimate of drug-likeness (QED) is 0.399. The molecule has 0 radical (unpaired) electrons. The second-order valence-electron chi connectivity index (χ2n) is 7.89. The lowest BCUT2D eigenvalue weighted by atomic mass is 9.82. The van der Waals surface area contributed by atoms with Crippen LogP contribution in [0.15, 0.2) is 18.2 Å². The lowest BCUT2D eigenvalue weighted by Crippen LogP contribution is -2.40. The van der Waals surface area contributed by atoms with Crippen LogP contribution in [0, 0.1) is 11.8 Å². The van der Waals surface area contributed by atoms with E-state index < -0.39 is 41.9 Å². The van der Waals surface area contributed by atoms with Crippen LogP contribution in [0.3, 0.4) is 0 Å². The van der Waals surface area contributed by atoms with Gasteiger partial charge in [0.05, 0.1) is 6.61 Å². The zero-order valence-electron chi connectivity index (χ0n) is 19.1. The van der Waals surface area contributed by atoms with Crippen LogP contribution >= 0.6 is 0 Å². The second-order valence-corrected chi connectivity index (χ2v) is 7.89. The summed E-state index contributed by atoms with van der Waals surface area (Å²) in [5.41, 5.74) is 6.32. The average molecular weight is 453 g/mol. The van der Waals surface area contributed by atoms with Crippen LogP contribution in [-0.2, 0) is 23.9 Å². The molecule has 0 amide bonds. The van der Waals surface area contributed by atoms with Gasteiger partial charge in [0.25, 0.3) is 0 Å². The van der Waals surface area contributed by atoms with Gasteiger partial charge in [-0.25, -0.2) is 4.79 Å². The molecule has 4 atom stereocenters. The summed E-state index contributed by atoms with van der Waals surface area (Å²) in [5.74, 6) is -3.90. The van der Waals surface area contributed by atoms with Crippen LogP contribution in [0.25, 0.3) is 0 Å². The summed E-state index contributed by atoms with van der Waals surface area (Å²) in [7, 11) is 0. The Kier molecular flexibility index (Phi) is 10.1. The van der Waals surface area contributed by atoms with Crippen LogP contribution in [0.5, 0.6) is 11.5 Å². The first-order chi connectivity index (χ1) is 14.8. The van der Waals surface area contributed by atoms with Crippen molar-refractivity contribution in [3.05, 3.63) is 23.8 Å². The van der Waals surface area contributed by atoms with Crippen molar-refractivity contribution in [1.29, 1.82) is 0 Å². The van der Waals surface area contributed by atoms with Crippen LogP contribution in [0.1, 0.15) is 53.0 Å². The SMILES string of the molecule is CC(=O)Oc1ccc(C(C(C)COC(=O)OC(C)C(C)C)[C@H](N)C(=O)O)cc1OC(C)=O. The minimum atomic E-state index is -1.36. The van der Waals surface area contributed by atoms with Crippen molar-refractivity contribution >= 4 is 24.1 Å². The molecule has 3 unspecified atom stereocenters. The minimum absolute atomic E-state index is 0.00532. The highest BCUT2D eigenvalue weighted by Crippen LogP contribution is 2.35. The number of carbonyl (C=O) groups is 4. The Morgan fingerprint density at radius 3 is 2.03 bits per heavy atom. The van der Waals surface area contributed by atoms with Crippen molar-refractivity contribution in [2.24, 2.45) is 17.6 Å². The molecule has 0 fully saturated rings. The van der Waals surface area contributed by atoms with Gasteiger partial charge in [-0.1, -0.05) is 26.8 Å². The fraction of sp³-hybridized carbons (Fsp3) is 0.545. The largest absolute Gasteiger partial charge is 0.508 e. The predicted octanol–water partition coefficient (Wildman–Crippen LogP) is 2.87. The third-order valence-corrected chi connectivity index (χ3v) is 4.83. The fourth-order valence-electron chi connectivity index (χ4n) is 2.87. The molecule has 1 rings (SSSR count). The first kappa shape index (κ1) is 26.9. The molecule has 0 saturated carbocycles. The van der Waals surface area contributed by atoms with E-state index in [1.807, 2.05) is 13.8 Å². The normalized spacial score (nSPS) is 14.6. The highest BCUT2D eigenvalue weighted by Gasteiger charge is 2.33. The van der Waals surface area contributed by atoms with Gasteiger partial charge >= 0.3 is 24.1 Å². The molecule has 0 aliphatic rings. The van der Waals surface area contributed by atoms with Crippen LogP contribution < -0.4 is 15.2 Å². The lowest BCUT2D eigenvalue weighted by molar-refractivity contribution is -0.139. The van der Waals surface area contributed by atoms with Gasteiger partial charge in [-0.2, -0.15) is 0 Å². The molecule has 10 heteroatoms. The van der Waals surface area contributed by atoms with Gasteiger partial charge in [-0.05, 0) is 36.5 Å². The monoisotopic (exact) mass is 453 g/mol. The molecular formula is C22H31NO9. The van der Waals surface area contributed by atoms with Crippen molar-refractivity contribution in [2.45, 2.75) is 59.6 Å². The Hall–Kier alpha value is -3.14. The number of hydrogen-bond acceptors (Lipinski definition) is 9. The molecular weight excluding hydrogens is 422 g/mol. The fourth-order valence-corrected chi connectivity index (χ4v) is 2.87. The maximum atomic E-state index is 11.9. The van der Waals surface area contributed by atoms with E-state index in [4.69, 9.17) is 24.7 Å². The van der Waals surface area contributed by atoms with Crippen molar-refractivity contribution in [3.8, 4) is 11.5 Å². The maximum absolute atomic E-state index is 11.9. The number of esters is 2. The summed E-state index contributed by atoms with van der Waals surface area (Å²) >= 11 is 0. The Labute approximate surface area is 187 Å². The van der Waals surface area contributed by atoms with Crippen molar-refractivity contribution in [1.82, 2.24) is 0 Å². The molecule has 0 aliphatic carbocycles. The number of ether oxygens (including phenoxy) is 4. The van der Waals surface area contributed by atoms with E-state index in [0.29, 0.717) is 5.56 Å². The van der Waals surface area contributed by atoms with E-state index in [-0.39, 0.29) is 30.1 Å². The number of nitrogens with two attached hydrogens (primary N) is 1. The van der Waals surface area contributed by atoms with E-state index in [2.05, 4.69) is 0 Å². The first-order valence-electron chi connectivity index (χ1n) is 10.2. The zero-order valence-corrected chi connectivity index (χ0v) is 19.1. The zero-order chi connectivity index (χ0) is 24.6. The number of carbonyl (C=O) groups excluding carboxylic acids is 3. The summed E-state index contributed by atoms with van der Waals surface area (Å²) < 4.78 is 20.5. The van der Waals surface area contributed by atoms with E-state index >= 15 is 0 Å². The summed E-state index contributed by atoms with van der Waals surface area (Å²) in [5, 5.41) is 9.50. The summed E-state index contributed by atoms with van der Waals surface area (Å²) in [6.07, 6.45) is -1.22. The Morgan fingerprint density at radius 1 is 0.969 bits per heavy atom. The molecule has 0 spiro atoms. The molecule has 10 nitrogen and oxygen atoms in total. The van der Waals surface area contributed by atoms with Crippen molar-refractivity contribution < 1.29 is 43.2 Å². The van der Waals surface area contributed by atoms with Gasteiger partial charge in [-0.3, -0.25) is 14.4 Å². The predicted molar refractivity (Wildman–Crippen MR) is 113 cm³/mol. The van der Waals surface area contributed by atoms with Gasteiger partial charge < -0.3 is 29.8 Å². The second kappa shape index (κ2) is 12.0. The van der Waals surface area contributed by atoms with E-state index in [1.54, 1.807) is 13.8 Å². The Bertz CT molecular complexity index is 837. The lowest BCUT2D eigenvalue weighted by Gasteiger charge is -2.28. The van der Waals surface area contributed by atoms with Crippen LogP contribution in [0.2, 0.25) is 0 Å². The van der Waals surface area contributed by atoms with E-state index in [9.17, 15) is 24.3 Å². The minimum Gasteiger partial charge on any atom is -0.480 e. The summed E-state index contributed by atoms with van der Waals surface area (Å²) in [6, 6.07) is 2.91. The molecule has 1 aromatic carbocycles. The molecule has 1 aromatic rings. The average Bonchev–Trinajstić information content (AvgIpc) is 2.67. The number of benzene rings is 1. The van der Waals surface area contributed by atoms with Gasteiger partial charge in [0, 0.05) is 19.8 Å². The molecule has 0 aliphatic heterocycles. The number of rotatable bonds is 10. The number of carboxylic acid groups (broad SMARTS) is 1. The first-order valence-corrected chi connectivity index (χ1v) is 10.2. The molecule has 0 heterocycles. The van der Waals surface area contributed by atoms with Gasteiger partial charge in [-0.15, -0.1) is 0 Å². The topological polar surface area (TPSA) is 151 Å². The Balaban J connectivity index is 3.17. The third kappa shape index (κ3) is 8.18. The number of aliphatic carboxylic acids is 1. The maximum Gasteiger partial charge on any atom is 0.508 e. The van der Waals surface area contributed by atoms with Crippen LogP contribution in [0.4, 0.5) is 4.79 Å². The van der Waals surface area contributed by atoms with Gasteiger partial charge in [0.15, 0.2) is 11.5 Å². The van der Waals surface area contributed by atoms with E-state index in [0.717, 1.165) is 0 Å². The molecule has 0 saturated heterocycles. The van der Waals surface area contributed by atoms with Gasteiger partial charge in [0.1, 0.15) is 12.1 Å². The van der Waals surface area contributed by atoms with Crippen LogP contribution in [-0.4, -0.2) is 47.9 Å². The van der Waals surface area contributed by atoms with Crippen molar-refractivity contribution in [3.63, 3.8) is 0 Å². The van der Waals surface area contributed by atoms with E-state index in [1.165, 1.54) is 32.0 Å². The highest BCUT2D eigenvalue weighted by molar-refractivity contribution is 5.76. The van der Waals surface area contributed by atoms with Crippen molar-refractivity contribution in [2.75, 3.05) is 6.61 Å².